The number of carbonyl (C=O) groups is 1. The third-order valence-corrected chi connectivity index (χ3v) is 1.74. The summed E-state index contributed by atoms with van der Waals surface area (Å²) < 4.78 is 0. The molecular weight excluding hydrogens is 244 g/mol. The predicted molar refractivity (Wildman–Crippen MR) is 57.5 cm³/mol. The summed E-state index contributed by atoms with van der Waals surface area (Å²) in [5.41, 5.74) is 1.76. The number of carbonyl (C=O) groups excluding carboxylic acids is 1. The van der Waals surface area contributed by atoms with Crippen LogP contribution in [0, 0.1) is 17.7 Å². The van der Waals surface area contributed by atoms with E-state index in [1.54, 1.807) is 0 Å². The molecule has 0 bridgehead atoms. The van der Waals surface area contributed by atoms with Crippen LogP contribution >= 0.6 is 15.9 Å². The number of nitrogens with one attached hydrogen (secondary N) is 1. The quantitative estimate of drug-likeness (QED) is 0.808. The smallest absolute Gasteiger partial charge is 0.297 e. The lowest BCUT2D eigenvalue weighted by Crippen LogP contribution is -2.21. The molecule has 0 fully saturated rings. The Balaban J connectivity index is 2.52. The van der Waals surface area contributed by atoms with Crippen LogP contribution in [0.4, 0.5) is 0 Å². The first-order chi connectivity index (χ1) is 6.72. The lowest BCUT2D eigenvalue weighted by Gasteiger charge is -2.01. The highest BCUT2D eigenvalue weighted by Crippen LogP contribution is 1.96. The Bertz CT molecular complexity index is 393. The van der Waals surface area contributed by atoms with Crippen LogP contribution in [0.5, 0.6) is 0 Å². The number of halogens is 1. The molecular formula is C10H9BrN2O. The minimum Gasteiger partial charge on any atom is -0.340 e. The number of pyridine rings is 1. The minimum atomic E-state index is -0.315. The van der Waals surface area contributed by atoms with Crippen molar-refractivity contribution < 1.29 is 4.79 Å². The number of hydrogen-bond donors (Lipinski definition) is 1. The molecule has 3 nitrogen and oxygen atoms in total. The second-order valence-corrected chi connectivity index (χ2v) is 3.07. The third-order valence-electron chi connectivity index (χ3n) is 1.54. The first kappa shape index (κ1) is 10.7. The van der Waals surface area contributed by atoms with Crippen LogP contribution in [0.3, 0.4) is 0 Å². The van der Waals surface area contributed by atoms with Gasteiger partial charge in [-0.1, -0.05) is 6.07 Å². The van der Waals surface area contributed by atoms with E-state index in [0.29, 0.717) is 6.54 Å². The molecule has 14 heavy (non-hydrogen) atoms. The Morgan fingerprint density at radius 1 is 1.64 bits per heavy atom. The molecule has 72 valence electrons. The topological polar surface area (TPSA) is 42.0 Å². The molecule has 1 aromatic rings. The lowest BCUT2D eigenvalue weighted by atomic mass is 10.3. The molecule has 0 aliphatic rings. The normalized spacial score (nSPS) is 8.71. The van der Waals surface area contributed by atoms with Crippen LogP contribution in [0.2, 0.25) is 0 Å². The van der Waals surface area contributed by atoms with Gasteiger partial charge in [0, 0.05) is 27.5 Å². The number of amides is 1. The summed E-state index contributed by atoms with van der Waals surface area (Å²) in [6.45, 7) is 2.31. The Kier molecular flexibility index (Phi) is 4.14. The maximum atomic E-state index is 11.0. The van der Waals surface area contributed by atoms with E-state index in [0.717, 1.165) is 11.4 Å². The van der Waals surface area contributed by atoms with E-state index in [9.17, 15) is 4.79 Å². The highest BCUT2D eigenvalue weighted by atomic mass is 79.9. The zero-order chi connectivity index (χ0) is 10.4. The van der Waals surface area contributed by atoms with Gasteiger partial charge in [-0.05, 0) is 23.9 Å². The van der Waals surface area contributed by atoms with E-state index >= 15 is 0 Å². The van der Waals surface area contributed by atoms with Gasteiger partial charge in [0.15, 0.2) is 0 Å². The zero-order valence-electron chi connectivity index (χ0n) is 7.67. The maximum Gasteiger partial charge on any atom is 0.297 e. The SMILES string of the molecule is Cc1cccc(CNC(=O)C#CBr)n1. The molecule has 0 spiro atoms. The third kappa shape index (κ3) is 3.58. The standard InChI is InChI=1S/C10H9BrN2O/c1-8-3-2-4-9(13-8)7-12-10(14)5-6-11/h2-4H,7H2,1H3,(H,12,14). The molecule has 1 N–H and O–H groups in total. The van der Waals surface area contributed by atoms with Crippen LogP contribution in [-0.4, -0.2) is 10.9 Å². The number of rotatable bonds is 2. The van der Waals surface area contributed by atoms with Crippen molar-refractivity contribution in [3.05, 3.63) is 29.6 Å². The molecule has 0 aromatic carbocycles. The van der Waals surface area contributed by atoms with Crippen LogP contribution in [-0.2, 0) is 11.3 Å². The molecule has 4 heteroatoms. The van der Waals surface area contributed by atoms with Gasteiger partial charge in [-0.25, -0.2) is 0 Å². The Hall–Kier alpha value is -1.34. The van der Waals surface area contributed by atoms with Crippen LogP contribution in [0.1, 0.15) is 11.4 Å². The zero-order valence-corrected chi connectivity index (χ0v) is 9.26. The molecule has 0 aliphatic heterocycles. The van der Waals surface area contributed by atoms with Crippen LogP contribution in [0.15, 0.2) is 18.2 Å². The summed E-state index contributed by atoms with van der Waals surface area (Å²) >= 11 is 2.85. The van der Waals surface area contributed by atoms with Gasteiger partial charge in [-0.2, -0.15) is 0 Å². The van der Waals surface area contributed by atoms with Gasteiger partial charge >= 0.3 is 0 Å². The first-order valence-electron chi connectivity index (χ1n) is 4.04. The van der Waals surface area contributed by atoms with E-state index in [-0.39, 0.29) is 5.91 Å². The summed E-state index contributed by atoms with van der Waals surface area (Å²) in [6, 6.07) is 5.67. The summed E-state index contributed by atoms with van der Waals surface area (Å²) in [6.07, 6.45) is 0. The van der Waals surface area contributed by atoms with E-state index in [4.69, 9.17) is 0 Å². The molecule has 1 aromatic heterocycles. The minimum absolute atomic E-state index is 0.315. The van der Waals surface area contributed by atoms with Gasteiger partial charge in [0.1, 0.15) is 0 Å². The molecule has 0 atom stereocenters. The van der Waals surface area contributed by atoms with Crippen molar-refractivity contribution in [2.24, 2.45) is 0 Å². The van der Waals surface area contributed by atoms with Crippen molar-refractivity contribution in [3.63, 3.8) is 0 Å². The number of aromatic nitrogens is 1. The van der Waals surface area contributed by atoms with Crippen molar-refractivity contribution in [2.75, 3.05) is 0 Å². The molecule has 0 saturated carbocycles. The van der Waals surface area contributed by atoms with Crippen molar-refractivity contribution >= 4 is 21.8 Å². The van der Waals surface area contributed by atoms with Gasteiger partial charge in [-0.15, -0.1) is 0 Å². The summed E-state index contributed by atoms with van der Waals surface area (Å²) in [5.74, 6) is 2.00. The molecule has 1 heterocycles. The van der Waals surface area contributed by atoms with Gasteiger partial charge in [-0.3, -0.25) is 9.78 Å². The molecule has 0 unspecified atom stereocenters. The monoisotopic (exact) mass is 252 g/mol. The largest absolute Gasteiger partial charge is 0.340 e. The average Bonchev–Trinajstić information content (AvgIpc) is 2.15. The Labute approximate surface area is 91.1 Å². The molecule has 0 radical (unpaired) electrons. The molecule has 1 amide bonds. The number of hydrogen-bond acceptors (Lipinski definition) is 2. The second kappa shape index (κ2) is 5.40. The Morgan fingerprint density at radius 2 is 2.43 bits per heavy atom. The van der Waals surface area contributed by atoms with E-state index < -0.39 is 0 Å². The van der Waals surface area contributed by atoms with Gasteiger partial charge in [0.05, 0.1) is 12.2 Å². The van der Waals surface area contributed by atoms with Gasteiger partial charge in [0.2, 0.25) is 0 Å². The van der Waals surface area contributed by atoms with Gasteiger partial charge < -0.3 is 5.32 Å². The fraction of sp³-hybridized carbons (Fsp3) is 0.200. The highest BCUT2D eigenvalue weighted by Gasteiger charge is 1.97. The average molecular weight is 253 g/mol. The van der Waals surface area contributed by atoms with Crippen molar-refractivity contribution in [1.29, 1.82) is 0 Å². The lowest BCUT2D eigenvalue weighted by molar-refractivity contribution is -0.115. The fourth-order valence-electron chi connectivity index (χ4n) is 0.956. The Morgan fingerprint density at radius 3 is 3.07 bits per heavy atom. The summed E-state index contributed by atoms with van der Waals surface area (Å²) in [7, 11) is 0. The van der Waals surface area contributed by atoms with Crippen LogP contribution < -0.4 is 5.32 Å². The van der Waals surface area contributed by atoms with E-state index in [1.165, 1.54) is 0 Å². The first-order valence-corrected chi connectivity index (χ1v) is 4.83. The predicted octanol–water partition coefficient (Wildman–Crippen LogP) is 1.36. The van der Waals surface area contributed by atoms with Gasteiger partial charge in [0.25, 0.3) is 5.91 Å². The van der Waals surface area contributed by atoms with Crippen molar-refractivity contribution in [2.45, 2.75) is 13.5 Å². The number of aryl methyl sites for hydroxylation is 1. The van der Waals surface area contributed by atoms with E-state index in [1.807, 2.05) is 25.1 Å². The maximum absolute atomic E-state index is 11.0. The van der Waals surface area contributed by atoms with Crippen LogP contribution in [0.25, 0.3) is 0 Å². The second-order valence-electron chi connectivity index (χ2n) is 2.67. The molecule has 1 rings (SSSR count). The summed E-state index contributed by atoms with van der Waals surface area (Å²) in [4.78, 5) is 17.5. The molecule has 0 saturated heterocycles. The highest BCUT2D eigenvalue weighted by molar-refractivity contribution is 9.12. The van der Waals surface area contributed by atoms with Crippen molar-refractivity contribution in [1.82, 2.24) is 10.3 Å². The summed E-state index contributed by atoms with van der Waals surface area (Å²) in [5, 5.41) is 2.62. The number of nitrogens with zero attached hydrogens (tertiary/aromatic N) is 1. The molecule has 0 aliphatic carbocycles. The fourth-order valence-corrected chi connectivity index (χ4v) is 1.14. The van der Waals surface area contributed by atoms with Crippen molar-refractivity contribution in [3.8, 4) is 10.8 Å². The van der Waals surface area contributed by atoms with E-state index in [2.05, 4.69) is 37.0 Å².